The van der Waals surface area contributed by atoms with Crippen molar-refractivity contribution < 1.29 is 9.13 Å². The van der Waals surface area contributed by atoms with Crippen LogP contribution < -0.4 is 10.5 Å². The fraction of sp³-hybridized carbons (Fsp3) is 0.600. The fourth-order valence-electron chi connectivity index (χ4n) is 1.87. The number of likely N-dealkylation sites (N-methyl/N-ethyl adjacent to an activating group) is 1. The molecule has 0 atom stereocenters. The van der Waals surface area contributed by atoms with E-state index < -0.39 is 0 Å². The van der Waals surface area contributed by atoms with Crippen molar-refractivity contribution in [1.29, 1.82) is 0 Å². The van der Waals surface area contributed by atoms with Crippen molar-refractivity contribution in [2.45, 2.75) is 20.8 Å². The first kappa shape index (κ1) is 15.9. The van der Waals surface area contributed by atoms with E-state index in [0.717, 1.165) is 19.6 Å². The van der Waals surface area contributed by atoms with E-state index in [9.17, 15) is 4.39 Å². The minimum absolute atomic E-state index is 0.0913. The molecule has 0 aliphatic rings. The van der Waals surface area contributed by atoms with Crippen LogP contribution in [-0.2, 0) is 0 Å². The summed E-state index contributed by atoms with van der Waals surface area (Å²) in [5.41, 5.74) is 5.83. The Labute approximate surface area is 115 Å². The van der Waals surface area contributed by atoms with Crippen LogP contribution in [0.1, 0.15) is 20.8 Å². The molecule has 0 aliphatic heterocycles. The van der Waals surface area contributed by atoms with Gasteiger partial charge in [-0.25, -0.2) is 4.39 Å². The average Bonchev–Trinajstić information content (AvgIpc) is 2.39. The van der Waals surface area contributed by atoms with Gasteiger partial charge in [0.05, 0.1) is 0 Å². The van der Waals surface area contributed by atoms with Gasteiger partial charge in [-0.05, 0) is 30.6 Å². The van der Waals surface area contributed by atoms with Gasteiger partial charge < -0.3 is 10.5 Å². The molecular formula is C15H25FN2O. The van der Waals surface area contributed by atoms with Crippen molar-refractivity contribution >= 4 is 0 Å². The molecule has 0 amide bonds. The van der Waals surface area contributed by atoms with Gasteiger partial charge in [-0.3, -0.25) is 4.90 Å². The lowest BCUT2D eigenvalue weighted by molar-refractivity contribution is 0.158. The zero-order chi connectivity index (χ0) is 14.3. The van der Waals surface area contributed by atoms with E-state index in [-0.39, 0.29) is 11.2 Å². The molecule has 19 heavy (non-hydrogen) atoms. The summed E-state index contributed by atoms with van der Waals surface area (Å²) >= 11 is 0. The molecule has 1 rings (SSSR count). The lowest BCUT2D eigenvalue weighted by Gasteiger charge is -2.30. The second-order valence-corrected chi connectivity index (χ2v) is 5.52. The Kier molecular flexibility index (Phi) is 6.25. The number of nitrogens with two attached hydrogens (primary N) is 1. The van der Waals surface area contributed by atoms with Gasteiger partial charge >= 0.3 is 0 Å². The van der Waals surface area contributed by atoms with Crippen LogP contribution in [0.3, 0.4) is 0 Å². The van der Waals surface area contributed by atoms with Crippen LogP contribution in [-0.4, -0.2) is 37.7 Å². The first-order valence-corrected chi connectivity index (χ1v) is 6.78. The van der Waals surface area contributed by atoms with Crippen molar-refractivity contribution in [2.75, 3.05) is 32.8 Å². The molecule has 1 aromatic rings. The number of hydrogen-bond donors (Lipinski definition) is 1. The Morgan fingerprint density at radius 1 is 1.32 bits per heavy atom. The number of rotatable bonds is 8. The molecule has 0 spiro atoms. The second-order valence-electron chi connectivity index (χ2n) is 5.52. The Balaban J connectivity index is 2.40. The van der Waals surface area contributed by atoms with E-state index in [2.05, 4.69) is 25.7 Å². The molecule has 0 aromatic heterocycles. The highest BCUT2D eigenvalue weighted by atomic mass is 19.1. The molecule has 0 heterocycles. The molecule has 1 aromatic carbocycles. The summed E-state index contributed by atoms with van der Waals surface area (Å²) in [6.45, 7) is 10.2. The van der Waals surface area contributed by atoms with Crippen LogP contribution in [0, 0.1) is 11.2 Å². The number of ether oxygens (including phenoxy) is 1. The topological polar surface area (TPSA) is 38.5 Å². The Hall–Kier alpha value is -1.13. The normalized spacial score (nSPS) is 11.9. The SMILES string of the molecule is CCN(CCOc1ccccc1F)CC(C)(C)CN. The largest absolute Gasteiger partial charge is 0.489 e. The van der Waals surface area contributed by atoms with Crippen LogP contribution in [0.15, 0.2) is 24.3 Å². The second kappa shape index (κ2) is 7.46. The van der Waals surface area contributed by atoms with Crippen molar-refractivity contribution in [3.63, 3.8) is 0 Å². The number of halogens is 1. The van der Waals surface area contributed by atoms with E-state index in [0.29, 0.717) is 18.9 Å². The van der Waals surface area contributed by atoms with E-state index in [1.165, 1.54) is 6.07 Å². The number of hydrogen-bond acceptors (Lipinski definition) is 3. The molecule has 0 saturated carbocycles. The van der Waals surface area contributed by atoms with Gasteiger partial charge in [0.25, 0.3) is 0 Å². The van der Waals surface area contributed by atoms with E-state index in [1.807, 2.05) is 0 Å². The zero-order valence-corrected chi connectivity index (χ0v) is 12.2. The van der Waals surface area contributed by atoms with Gasteiger partial charge in [0.15, 0.2) is 11.6 Å². The first-order valence-electron chi connectivity index (χ1n) is 6.78. The van der Waals surface area contributed by atoms with Crippen molar-refractivity contribution in [2.24, 2.45) is 11.1 Å². The predicted molar refractivity (Wildman–Crippen MR) is 76.8 cm³/mol. The predicted octanol–water partition coefficient (Wildman–Crippen LogP) is 2.51. The number of benzene rings is 1. The fourth-order valence-corrected chi connectivity index (χ4v) is 1.87. The molecule has 0 fully saturated rings. The van der Waals surface area contributed by atoms with Crippen LogP contribution >= 0.6 is 0 Å². The highest BCUT2D eigenvalue weighted by Gasteiger charge is 2.19. The van der Waals surface area contributed by atoms with Gasteiger partial charge in [0, 0.05) is 13.1 Å². The summed E-state index contributed by atoms with van der Waals surface area (Å²) in [6.07, 6.45) is 0. The van der Waals surface area contributed by atoms with Gasteiger partial charge in [-0.1, -0.05) is 32.9 Å². The van der Waals surface area contributed by atoms with Gasteiger partial charge in [0.2, 0.25) is 0 Å². The Morgan fingerprint density at radius 2 is 2.00 bits per heavy atom. The minimum Gasteiger partial charge on any atom is -0.489 e. The first-order chi connectivity index (χ1) is 8.98. The molecule has 0 bridgehead atoms. The van der Waals surface area contributed by atoms with Gasteiger partial charge in [-0.15, -0.1) is 0 Å². The lowest BCUT2D eigenvalue weighted by atomic mass is 9.93. The van der Waals surface area contributed by atoms with E-state index in [4.69, 9.17) is 10.5 Å². The van der Waals surface area contributed by atoms with Crippen LogP contribution in [0.5, 0.6) is 5.75 Å². The summed E-state index contributed by atoms with van der Waals surface area (Å²) in [7, 11) is 0. The molecule has 0 saturated heterocycles. The summed E-state index contributed by atoms with van der Waals surface area (Å²) in [4.78, 5) is 2.27. The summed E-state index contributed by atoms with van der Waals surface area (Å²) < 4.78 is 18.8. The maximum atomic E-state index is 13.4. The quantitative estimate of drug-likeness (QED) is 0.787. The highest BCUT2D eigenvalue weighted by Crippen LogP contribution is 2.16. The van der Waals surface area contributed by atoms with E-state index >= 15 is 0 Å². The third-order valence-corrected chi connectivity index (χ3v) is 3.15. The molecule has 108 valence electrons. The molecular weight excluding hydrogens is 243 g/mol. The Bertz CT molecular complexity index is 382. The van der Waals surface area contributed by atoms with Crippen LogP contribution in [0.25, 0.3) is 0 Å². The van der Waals surface area contributed by atoms with Crippen LogP contribution in [0.4, 0.5) is 4.39 Å². The maximum Gasteiger partial charge on any atom is 0.165 e. The van der Waals surface area contributed by atoms with Crippen LogP contribution in [0.2, 0.25) is 0 Å². The molecule has 0 unspecified atom stereocenters. The number of para-hydroxylation sites is 1. The van der Waals surface area contributed by atoms with Crippen molar-refractivity contribution in [3.05, 3.63) is 30.1 Å². The zero-order valence-electron chi connectivity index (χ0n) is 12.2. The summed E-state index contributed by atoms with van der Waals surface area (Å²) in [5, 5.41) is 0. The Morgan fingerprint density at radius 3 is 2.58 bits per heavy atom. The molecule has 2 N–H and O–H groups in total. The average molecular weight is 268 g/mol. The smallest absolute Gasteiger partial charge is 0.165 e. The number of nitrogens with zero attached hydrogens (tertiary/aromatic N) is 1. The lowest BCUT2D eigenvalue weighted by Crippen LogP contribution is -2.40. The van der Waals surface area contributed by atoms with E-state index in [1.54, 1.807) is 18.2 Å². The molecule has 0 radical (unpaired) electrons. The minimum atomic E-state index is -0.312. The van der Waals surface area contributed by atoms with Crippen molar-refractivity contribution in [3.8, 4) is 5.75 Å². The molecule has 0 aliphatic carbocycles. The standard InChI is InChI=1S/C15H25FN2O/c1-4-18(12-15(2,3)11-17)9-10-19-14-8-6-5-7-13(14)16/h5-8H,4,9-12,17H2,1-3H3. The third kappa shape index (κ3) is 5.57. The van der Waals surface area contributed by atoms with Crippen molar-refractivity contribution in [1.82, 2.24) is 4.90 Å². The molecule has 4 heteroatoms. The van der Waals surface area contributed by atoms with Gasteiger partial charge in [-0.2, -0.15) is 0 Å². The highest BCUT2D eigenvalue weighted by molar-refractivity contribution is 5.23. The summed E-state index contributed by atoms with van der Waals surface area (Å²) in [5.74, 6) is 0.00414. The third-order valence-electron chi connectivity index (χ3n) is 3.15. The monoisotopic (exact) mass is 268 g/mol. The summed E-state index contributed by atoms with van der Waals surface area (Å²) in [6, 6.07) is 6.48. The van der Waals surface area contributed by atoms with Gasteiger partial charge in [0.1, 0.15) is 6.61 Å². The molecule has 3 nitrogen and oxygen atoms in total. The maximum absolute atomic E-state index is 13.4.